The van der Waals surface area contributed by atoms with Crippen LogP contribution in [0.5, 0.6) is 0 Å². The van der Waals surface area contributed by atoms with Crippen LogP contribution in [-0.2, 0) is 6.42 Å². The molecule has 2 nitrogen and oxygen atoms in total. The van der Waals surface area contributed by atoms with E-state index >= 15 is 0 Å². The van der Waals surface area contributed by atoms with Crippen LogP contribution in [0.15, 0.2) is 41.2 Å². The van der Waals surface area contributed by atoms with Crippen molar-refractivity contribution < 1.29 is 4.42 Å². The summed E-state index contributed by atoms with van der Waals surface area (Å²) >= 11 is 6.32. The Morgan fingerprint density at radius 1 is 1.32 bits per heavy atom. The Morgan fingerprint density at radius 3 is 2.79 bits per heavy atom. The van der Waals surface area contributed by atoms with Crippen molar-refractivity contribution in [3.63, 3.8) is 0 Å². The van der Waals surface area contributed by atoms with Gasteiger partial charge in [-0.1, -0.05) is 30.7 Å². The fraction of sp³-hybridized carbons (Fsp3) is 0.375. The fourth-order valence-corrected chi connectivity index (χ4v) is 2.45. The summed E-state index contributed by atoms with van der Waals surface area (Å²) in [6.45, 7) is 5.20. The van der Waals surface area contributed by atoms with Gasteiger partial charge >= 0.3 is 0 Å². The molecule has 0 aliphatic heterocycles. The third-order valence-corrected chi connectivity index (χ3v) is 3.57. The van der Waals surface area contributed by atoms with Gasteiger partial charge in [-0.15, -0.1) is 0 Å². The number of furan rings is 1. The van der Waals surface area contributed by atoms with Gasteiger partial charge in [-0.25, -0.2) is 0 Å². The van der Waals surface area contributed by atoms with E-state index in [0.717, 1.165) is 24.4 Å². The molecule has 19 heavy (non-hydrogen) atoms. The highest BCUT2D eigenvalue weighted by Gasteiger charge is 2.14. The Kier molecular flexibility index (Phi) is 5.06. The first-order valence-electron chi connectivity index (χ1n) is 6.71. The second-order valence-electron chi connectivity index (χ2n) is 4.86. The average Bonchev–Trinajstić information content (AvgIpc) is 2.90. The molecule has 1 N–H and O–H groups in total. The Bertz CT molecular complexity index is 507. The van der Waals surface area contributed by atoms with E-state index in [1.807, 2.05) is 12.1 Å². The second-order valence-corrected chi connectivity index (χ2v) is 5.27. The van der Waals surface area contributed by atoms with Crippen molar-refractivity contribution in [2.75, 3.05) is 6.54 Å². The lowest BCUT2D eigenvalue weighted by molar-refractivity contribution is 0.512. The van der Waals surface area contributed by atoms with Gasteiger partial charge in [0.25, 0.3) is 0 Å². The summed E-state index contributed by atoms with van der Waals surface area (Å²) in [4.78, 5) is 0. The van der Waals surface area contributed by atoms with Crippen molar-refractivity contribution in [1.29, 1.82) is 0 Å². The zero-order valence-electron chi connectivity index (χ0n) is 11.4. The van der Waals surface area contributed by atoms with Crippen LogP contribution >= 0.6 is 11.6 Å². The normalized spacial score (nSPS) is 12.6. The summed E-state index contributed by atoms with van der Waals surface area (Å²) < 4.78 is 5.19. The largest absolute Gasteiger partial charge is 0.472 e. The first kappa shape index (κ1) is 14.2. The van der Waals surface area contributed by atoms with Crippen LogP contribution in [-0.4, -0.2) is 6.54 Å². The second kappa shape index (κ2) is 6.78. The third kappa shape index (κ3) is 3.85. The van der Waals surface area contributed by atoms with Gasteiger partial charge in [0.15, 0.2) is 0 Å². The van der Waals surface area contributed by atoms with Crippen molar-refractivity contribution in [2.24, 2.45) is 0 Å². The fourth-order valence-electron chi connectivity index (χ4n) is 2.14. The molecule has 102 valence electrons. The van der Waals surface area contributed by atoms with Gasteiger partial charge in [-0.05, 0) is 49.6 Å². The van der Waals surface area contributed by atoms with E-state index in [4.69, 9.17) is 16.0 Å². The maximum Gasteiger partial charge on any atom is 0.0950 e. The van der Waals surface area contributed by atoms with Crippen LogP contribution < -0.4 is 5.32 Å². The molecule has 2 rings (SSSR count). The molecule has 0 aliphatic rings. The molecule has 0 saturated heterocycles. The molecular weight excluding hydrogens is 258 g/mol. The van der Waals surface area contributed by atoms with E-state index in [-0.39, 0.29) is 6.04 Å². The molecule has 1 unspecified atom stereocenters. The van der Waals surface area contributed by atoms with Crippen molar-refractivity contribution >= 4 is 11.6 Å². The molecule has 2 aromatic rings. The van der Waals surface area contributed by atoms with Crippen LogP contribution in [0.1, 0.15) is 36.1 Å². The van der Waals surface area contributed by atoms with Gasteiger partial charge in [0.2, 0.25) is 0 Å². The van der Waals surface area contributed by atoms with Crippen molar-refractivity contribution in [2.45, 2.75) is 32.7 Å². The summed E-state index contributed by atoms with van der Waals surface area (Å²) in [5.41, 5.74) is 3.53. The van der Waals surface area contributed by atoms with E-state index in [1.54, 1.807) is 12.5 Å². The van der Waals surface area contributed by atoms with Crippen LogP contribution in [0, 0.1) is 6.92 Å². The van der Waals surface area contributed by atoms with Gasteiger partial charge < -0.3 is 9.73 Å². The van der Waals surface area contributed by atoms with Crippen molar-refractivity contribution in [3.05, 3.63) is 58.5 Å². The van der Waals surface area contributed by atoms with Crippen LogP contribution in [0.25, 0.3) is 0 Å². The molecule has 0 saturated carbocycles. The van der Waals surface area contributed by atoms with E-state index in [2.05, 4.69) is 31.3 Å². The van der Waals surface area contributed by atoms with Gasteiger partial charge in [0.1, 0.15) is 0 Å². The summed E-state index contributed by atoms with van der Waals surface area (Å²) in [7, 11) is 0. The monoisotopic (exact) mass is 277 g/mol. The standard InChI is InChI=1S/C16H20ClNO/c1-3-7-18-16(14-6-8-19-11-14)10-13-5-4-12(2)9-15(13)17/h4-6,8-9,11,16,18H,3,7,10H2,1-2H3. The molecule has 0 aliphatic carbocycles. The minimum absolute atomic E-state index is 0.249. The summed E-state index contributed by atoms with van der Waals surface area (Å²) in [6.07, 6.45) is 5.50. The van der Waals surface area contributed by atoms with E-state index in [1.165, 1.54) is 16.7 Å². The smallest absolute Gasteiger partial charge is 0.0950 e. The number of aryl methyl sites for hydroxylation is 1. The lowest BCUT2D eigenvalue weighted by Crippen LogP contribution is -2.23. The third-order valence-electron chi connectivity index (χ3n) is 3.22. The predicted molar refractivity (Wildman–Crippen MR) is 79.6 cm³/mol. The molecule has 0 bridgehead atoms. The van der Waals surface area contributed by atoms with Crippen LogP contribution in [0.3, 0.4) is 0 Å². The first-order chi connectivity index (χ1) is 9.20. The average molecular weight is 278 g/mol. The van der Waals surface area contributed by atoms with Crippen molar-refractivity contribution in [1.82, 2.24) is 5.32 Å². The topological polar surface area (TPSA) is 25.2 Å². The molecule has 0 fully saturated rings. The Labute approximate surface area is 119 Å². The minimum Gasteiger partial charge on any atom is -0.472 e. The van der Waals surface area contributed by atoms with Crippen LogP contribution in [0.4, 0.5) is 0 Å². The molecule has 0 amide bonds. The highest BCUT2D eigenvalue weighted by atomic mass is 35.5. The number of rotatable bonds is 6. The predicted octanol–water partition coefficient (Wildman–Crippen LogP) is 4.52. The summed E-state index contributed by atoms with van der Waals surface area (Å²) in [5.74, 6) is 0. The van der Waals surface area contributed by atoms with Gasteiger partial charge in [-0.3, -0.25) is 0 Å². The molecule has 1 atom stereocenters. The zero-order valence-corrected chi connectivity index (χ0v) is 12.2. The van der Waals surface area contributed by atoms with Crippen LogP contribution in [0.2, 0.25) is 5.02 Å². The summed E-state index contributed by atoms with van der Waals surface area (Å²) in [6, 6.07) is 8.49. The highest BCUT2D eigenvalue weighted by Crippen LogP contribution is 2.24. The molecular formula is C16H20ClNO. The molecule has 0 spiro atoms. The number of halogens is 1. The summed E-state index contributed by atoms with van der Waals surface area (Å²) in [5, 5.41) is 4.38. The molecule has 1 aromatic heterocycles. The first-order valence-corrected chi connectivity index (χ1v) is 7.09. The van der Waals surface area contributed by atoms with E-state index in [9.17, 15) is 0 Å². The molecule has 1 heterocycles. The van der Waals surface area contributed by atoms with Gasteiger partial charge in [0, 0.05) is 16.6 Å². The Balaban J connectivity index is 2.15. The lowest BCUT2D eigenvalue weighted by Gasteiger charge is -2.18. The highest BCUT2D eigenvalue weighted by molar-refractivity contribution is 6.31. The number of hydrogen-bond donors (Lipinski definition) is 1. The van der Waals surface area contributed by atoms with E-state index in [0.29, 0.717) is 0 Å². The maximum atomic E-state index is 6.32. The SMILES string of the molecule is CCCNC(Cc1ccc(C)cc1Cl)c1ccoc1. The van der Waals surface area contributed by atoms with Gasteiger partial charge in [0.05, 0.1) is 12.5 Å². The zero-order chi connectivity index (χ0) is 13.7. The lowest BCUT2D eigenvalue weighted by atomic mass is 10.00. The van der Waals surface area contributed by atoms with E-state index < -0.39 is 0 Å². The van der Waals surface area contributed by atoms with Crippen molar-refractivity contribution in [3.8, 4) is 0 Å². The number of benzene rings is 1. The minimum atomic E-state index is 0.249. The number of nitrogens with one attached hydrogen (secondary N) is 1. The Morgan fingerprint density at radius 2 is 2.16 bits per heavy atom. The quantitative estimate of drug-likeness (QED) is 0.839. The Hall–Kier alpha value is -1.25. The van der Waals surface area contributed by atoms with Gasteiger partial charge in [-0.2, -0.15) is 0 Å². The molecule has 0 radical (unpaired) electrons. The number of hydrogen-bond acceptors (Lipinski definition) is 2. The molecule has 1 aromatic carbocycles. The maximum absolute atomic E-state index is 6.32. The molecule has 3 heteroatoms.